The minimum atomic E-state index is -0.353. The van der Waals surface area contributed by atoms with Gasteiger partial charge >= 0.3 is 5.97 Å². The Balaban J connectivity index is 1.86. The van der Waals surface area contributed by atoms with Crippen LogP contribution < -0.4 is 4.90 Å². The fraction of sp³-hybridized carbons (Fsp3) is 0.393. The highest BCUT2D eigenvalue weighted by molar-refractivity contribution is 6.30. The van der Waals surface area contributed by atoms with Crippen molar-refractivity contribution in [3.8, 4) is 0 Å². The number of esters is 1. The van der Waals surface area contributed by atoms with Gasteiger partial charge in [0.25, 0.3) is 0 Å². The lowest BCUT2D eigenvalue weighted by Crippen LogP contribution is -2.39. The fourth-order valence-corrected chi connectivity index (χ4v) is 4.82. The van der Waals surface area contributed by atoms with E-state index in [0.717, 1.165) is 34.1 Å². The molecule has 0 unspecified atom stereocenters. The molecule has 3 aromatic carbocycles. The summed E-state index contributed by atoms with van der Waals surface area (Å²) in [4.78, 5) is 14.8. The maximum atomic E-state index is 12.5. The molecule has 0 saturated heterocycles. The van der Waals surface area contributed by atoms with Gasteiger partial charge in [-0.15, -0.1) is 0 Å². The van der Waals surface area contributed by atoms with Gasteiger partial charge in [0.05, 0.1) is 19.1 Å². The Morgan fingerprint density at radius 3 is 2.61 bits per heavy atom. The first kappa shape index (κ1) is 23.6. The second kappa shape index (κ2) is 9.74. The van der Waals surface area contributed by atoms with Crippen LogP contribution in [0.2, 0.25) is 5.02 Å². The number of benzene rings is 3. The molecule has 1 heterocycles. The summed E-state index contributed by atoms with van der Waals surface area (Å²) in [6.07, 6.45) is -0.465. The highest BCUT2D eigenvalue weighted by atomic mass is 35.5. The number of hydrogen-bond acceptors (Lipinski definition) is 4. The van der Waals surface area contributed by atoms with Crippen LogP contribution in [-0.2, 0) is 14.3 Å². The third-order valence-corrected chi connectivity index (χ3v) is 6.07. The predicted molar refractivity (Wildman–Crippen MR) is 135 cm³/mol. The first-order valence-electron chi connectivity index (χ1n) is 11.6. The van der Waals surface area contributed by atoms with Gasteiger partial charge in [0.2, 0.25) is 0 Å². The smallest absolute Gasteiger partial charge is 0.308 e. The SMILES string of the molecule is CCOC(=O)C[C@@H]1CN(CC(C)(C)C)c2ccc(Cl)cc2[C@@H](c2cccc3ccccc23)O1. The predicted octanol–water partition coefficient (Wildman–Crippen LogP) is 6.79. The van der Waals surface area contributed by atoms with Crippen molar-refractivity contribution in [2.45, 2.75) is 46.3 Å². The summed E-state index contributed by atoms with van der Waals surface area (Å²) in [5, 5.41) is 2.96. The van der Waals surface area contributed by atoms with Crippen LogP contribution >= 0.6 is 11.6 Å². The lowest BCUT2D eigenvalue weighted by Gasteiger charge is -2.33. The van der Waals surface area contributed by atoms with E-state index in [1.54, 1.807) is 0 Å². The van der Waals surface area contributed by atoms with Gasteiger partial charge in [-0.1, -0.05) is 74.8 Å². The van der Waals surface area contributed by atoms with E-state index < -0.39 is 0 Å². The molecule has 1 aliphatic rings. The van der Waals surface area contributed by atoms with Crippen molar-refractivity contribution in [2.75, 3.05) is 24.6 Å². The molecule has 0 spiro atoms. The zero-order valence-corrected chi connectivity index (χ0v) is 20.6. The normalized spacial score (nSPS) is 18.6. The van der Waals surface area contributed by atoms with Crippen molar-refractivity contribution in [2.24, 2.45) is 5.41 Å². The van der Waals surface area contributed by atoms with E-state index in [0.29, 0.717) is 18.2 Å². The first-order valence-corrected chi connectivity index (χ1v) is 12.0. The molecule has 0 amide bonds. The van der Waals surface area contributed by atoms with Crippen LogP contribution in [0.4, 0.5) is 5.69 Å². The van der Waals surface area contributed by atoms with Gasteiger partial charge in [0, 0.05) is 29.4 Å². The number of nitrogens with zero attached hydrogens (tertiary/aromatic N) is 1. The molecular formula is C28H32ClNO3. The highest BCUT2D eigenvalue weighted by Gasteiger charge is 2.34. The zero-order valence-electron chi connectivity index (χ0n) is 19.8. The van der Waals surface area contributed by atoms with Crippen LogP contribution in [0.15, 0.2) is 60.7 Å². The van der Waals surface area contributed by atoms with Crippen molar-refractivity contribution in [1.82, 2.24) is 0 Å². The monoisotopic (exact) mass is 465 g/mol. The van der Waals surface area contributed by atoms with E-state index in [9.17, 15) is 4.79 Å². The molecular weight excluding hydrogens is 434 g/mol. The lowest BCUT2D eigenvalue weighted by atomic mass is 9.93. The summed E-state index contributed by atoms with van der Waals surface area (Å²) in [6.45, 7) is 10.3. The van der Waals surface area contributed by atoms with E-state index in [1.807, 2.05) is 31.2 Å². The average molecular weight is 466 g/mol. The molecule has 0 aliphatic carbocycles. The van der Waals surface area contributed by atoms with Gasteiger partial charge in [0.1, 0.15) is 6.10 Å². The van der Waals surface area contributed by atoms with Crippen molar-refractivity contribution in [3.63, 3.8) is 0 Å². The van der Waals surface area contributed by atoms with Crippen molar-refractivity contribution in [3.05, 3.63) is 76.8 Å². The van der Waals surface area contributed by atoms with E-state index in [1.165, 1.54) is 0 Å². The van der Waals surface area contributed by atoms with Crippen LogP contribution in [0.25, 0.3) is 10.8 Å². The molecule has 5 heteroatoms. The maximum Gasteiger partial charge on any atom is 0.308 e. The first-order chi connectivity index (χ1) is 15.7. The molecule has 4 nitrogen and oxygen atoms in total. The summed E-state index contributed by atoms with van der Waals surface area (Å²) in [5.74, 6) is -0.237. The largest absolute Gasteiger partial charge is 0.466 e. The van der Waals surface area contributed by atoms with Crippen LogP contribution in [-0.4, -0.2) is 31.8 Å². The highest BCUT2D eigenvalue weighted by Crippen LogP contribution is 2.42. The van der Waals surface area contributed by atoms with Crippen molar-refractivity contribution < 1.29 is 14.3 Å². The number of ether oxygens (including phenoxy) is 2. The lowest BCUT2D eigenvalue weighted by molar-refractivity contribution is -0.146. The third-order valence-electron chi connectivity index (χ3n) is 5.84. The van der Waals surface area contributed by atoms with Gasteiger partial charge in [-0.05, 0) is 46.9 Å². The number of fused-ring (bicyclic) bond motifs is 2. The minimum absolute atomic E-state index is 0.0602. The molecule has 0 fully saturated rings. The molecule has 0 aromatic heterocycles. The second-order valence-corrected chi connectivity index (χ2v) is 10.3. The van der Waals surface area contributed by atoms with E-state index >= 15 is 0 Å². The number of halogens is 1. The number of carbonyl (C=O) groups is 1. The number of carbonyl (C=O) groups excluding carboxylic acids is 1. The molecule has 174 valence electrons. The van der Waals surface area contributed by atoms with E-state index in [-0.39, 0.29) is 30.0 Å². The Morgan fingerprint density at radius 1 is 1.09 bits per heavy atom. The Bertz CT molecular complexity index is 1130. The Hall–Kier alpha value is -2.56. The van der Waals surface area contributed by atoms with Gasteiger partial charge in [-0.2, -0.15) is 0 Å². The summed E-state index contributed by atoms with van der Waals surface area (Å²) < 4.78 is 12.0. The van der Waals surface area contributed by atoms with Gasteiger partial charge in [-0.25, -0.2) is 0 Å². The van der Waals surface area contributed by atoms with Crippen LogP contribution in [0.5, 0.6) is 0 Å². The molecule has 0 saturated carbocycles. The van der Waals surface area contributed by atoms with Gasteiger partial charge in [0.15, 0.2) is 0 Å². The molecule has 0 bridgehead atoms. The van der Waals surface area contributed by atoms with E-state index in [4.69, 9.17) is 21.1 Å². The molecule has 0 radical (unpaired) electrons. The Kier molecular flexibility index (Phi) is 6.96. The number of hydrogen-bond donors (Lipinski definition) is 0. The Morgan fingerprint density at radius 2 is 1.85 bits per heavy atom. The van der Waals surface area contributed by atoms with Crippen LogP contribution in [0.1, 0.15) is 51.3 Å². The third kappa shape index (κ3) is 5.51. The quantitative estimate of drug-likeness (QED) is 0.389. The molecule has 0 N–H and O–H groups in total. The minimum Gasteiger partial charge on any atom is -0.466 e. The Labute approximate surface area is 201 Å². The molecule has 1 aliphatic heterocycles. The topological polar surface area (TPSA) is 38.8 Å². The average Bonchev–Trinajstić information content (AvgIpc) is 2.89. The summed E-state index contributed by atoms with van der Waals surface area (Å²) >= 11 is 6.50. The van der Waals surface area contributed by atoms with Crippen molar-refractivity contribution >= 4 is 34.0 Å². The van der Waals surface area contributed by atoms with E-state index in [2.05, 4.69) is 62.1 Å². The van der Waals surface area contributed by atoms with Gasteiger partial charge < -0.3 is 14.4 Å². The molecule has 3 aromatic rings. The molecule has 2 atom stereocenters. The number of anilines is 1. The number of rotatable bonds is 5. The standard InChI is InChI=1S/C28H32ClNO3/c1-5-32-26(31)16-21-17-30(18-28(2,3)4)25-14-13-20(29)15-24(25)27(33-21)23-12-8-10-19-9-6-7-11-22(19)23/h6-15,21,27H,5,16-18H2,1-4H3/t21-,27-/m1/s1. The summed E-state index contributed by atoms with van der Waals surface area (Å²) in [7, 11) is 0. The summed E-state index contributed by atoms with van der Waals surface area (Å²) in [6, 6.07) is 20.6. The second-order valence-electron chi connectivity index (χ2n) is 9.86. The van der Waals surface area contributed by atoms with Gasteiger partial charge in [-0.3, -0.25) is 4.79 Å². The van der Waals surface area contributed by atoms with Crippen molar-refractivity contribution in [1.29, 1.82) is 0 Å². The zero-order chi connectivity index (χ0) is 23.6. The maximum absolute atomic E-state index is 12.5. The summed E-state index contributed by atoms with van der Waals surface area (Å²) in [5.41, 5.74) is 3.25. The van der Waals surface area contributed by atoms with Crippen LogP contribution in [0.3, 0.4) is 0 Å². The molecule has 4 rings (SSSR count). The van der Waals surface area contributed by atoms with Crippen LogP contribution in [0, 0.1) is 5.41 Å². The fourth-order valence-electron chi connectivity index (χ4n) is 4.64. The molecule has 33 heavy (non-hydrogen) atoms.